The molecule has 4 nitrogen and oxygen atoms in total. The molecular formula is C20H20ClFN2O2S. The standard InChI is InChI=1S/C20H20ClFN2O2S/c1-24(2)16(12-5-4-6-14(9-12)26-3)11-23-20(25)19-18(21)15-8-7-13(22)10-17(15)27-19/h4-10,16H,11H2,1-3H3,(H,23,25). The van der Waals surface area contributed by atoms with Gasteiger partial charge in [0.15, 0.2) is 0 Å². The Morgan fingerprint density at radius 1 is 1.30 bits per heavy atom. The maximum atomic E-state index is 13.4. The number of amides is 1. The molecule has 0 bridgehead atoms. The van der Waals surface area contributed by atoms with Crippen molar-refractivity contribution in [2.45, 2.75) is 6.04 Å². The van der Waals surface area contributed by atoms with Crippen molar-refractivity contribution in [1.82, 2.24) is 10.2 Å². The molecule has 0 fully saturated rings. The summed E-state index contributed by atoms with van der Waals surface area (Å²) in [7, 11) is 5.52. The molecule has 0 saturated heterocycles. The first-order valence-electron chi connectivity index (χ1n) is 8.37. The Labute approximate surface area is 166 Å². The number of benzene rings is 2. The molecular weight excluding hydrogens is 387 g/mol. The summed E-state index contributed by atoms with van der Waals surface area (Å²) in [5.41, 5.74) is 1.03. The van der Waals surface area contributed by atoms with Crippen LogP contribution in [0.25, 0.3) is 10.1 Å². The first-order valence-corrected chi connectivity index (χ1v) is 9.56. The van der Waals surface area contributed by atoms with E-state index in [0.29, 0.717) is 26.5 Å². The van der Waals surface area contributed by atoms with Gasteiger partial charge in [0.25, 0.3) is 5.91 Å². The van der Waals surface area contributed by atoms with Crippen molar-refractivity contribution in [2.75, 3.05) is 27.7 Å². The summed E-state index contributed by atoms with van der Waals surface area (Å²) in [6.45, 7) is 0.401. The molecule has 3 aromatic rings. The van der Waals surface area contributed by atoms with Gasteiger partial charge in [0.1, 0.15) is 16.4 Å². The molecule has 27 heavy (non-hydrogen) atoms. The van der Waals surface area contributed by atoms with E-state index in [4.69, 9.17) is 16.3 Å². The Hall–Kier alpha value is -2.15. The number of thiophene rings is 1. The fourth-order valence-corrected chi connectivity index (χ4v) is 4.36. The van der Waals surface area contributed by atoms with Gasteiger partial charge in [-0.3, -0.25) is 4.79 Å². The average molecular weight is 407 g/mol. The van der Waals surface area contributed by atoms with Gasteiger partial charge < -0.3 is 15.0 Å². The van der Waals surface area contributed by atoms with E-state index < -0.39 is 0 Å². The molecule has 1 amide bonds. The molecule has 1 unspecified atom stereocenters. The van der Waals surface area contributed by atoms with E-state index >= 15 is 0 Å². The maximum absolute atomic E-state index is 13.4. The summed E-state index contributed by atoms with van der Waals surface area (Å²) in [5.74, 6) is 0.148. The van der Waals surface area contributed by atoms with Gasteiger partial charge in [-0.05, 0) is 50.0 Å². The van der Waals surface area contributed by atoms with Gasteiger partial charge >= 0.3 is 0 Å². The van der Waals surface area contributed by atoms with Crippen molar-refractivity contribution in [2.24, 2.45) is 0 Å². The highest BCUT2D eigenvalue weighted by atomic mass is 35.5. The maximum Gasteiger partial charge on any atom is 0.262 e. The minimum atomic E-state index is -0.349. The van der Waals surface area contributed by atoms with Crippen LogP contribution < -0.4 is 10.1 Å². The van der Waals surface area contributed by atoms with Crippen molar-refractivity contribution >= 4 is 38.9 Å². The lowest BCUT2D eigenvalue weighted by Gasteiger charge is -2.25. The number of fused-ring (bicyclic) bond motifs is 1. The molecule has 1 heterocycles. The number of hydrogen-bond acceptors (Lipinski definition) is 4. The van der Waals surface area contributed by atoms with E-state index in [1.807, 2.05) is 43.3 Å². The number of ether oxygens (including phenoxy) is 1. The summed E-state index contributed by atoms with van der Waals surface area (Å²) < 4.78 is 19.4. The average Bonchev–Trinajstić information content (AvgIpc) is 2.97. The fourth-order valence-electron chi connectivity index (χ4n) is 2.90. The highest BCUT2D eigenvalue weighted by Crippen LogP contribution is 2.35. The number of hydrogen-bond donors (Lipinski definition) is 1. The van der Waals surface area contributed by atoms with Crippen LogP contribution in [0, 0.1) is 5.82 Å². The third kappa shape index (κ3) is 4.24. The summed E-state index contributed by atoms with van der Waals surface area (Å²) >= 11 is 7.53. The Kier molecular flexibility index (Phi) is 5.99. The normalized spacial score (nSPS) is 12.4. The predicted octanol–water partition coefficient (Wildman–Crippen LogP) is 4.74. The Bertz CT molecular complexity index is 974. The van der Waals surface area contributed by atoms with E-state index in [0.717, 1.165) is 11.3 Å². The number of carbonyl (C=O) groups excluding carboxylic acids is 1. The number of nitrogens with zero attached hydrogens (tertiary/aromatic N) is 1. The van der Waals surface area contributed by atoms with Crippen molar-refractivity contribution in [3.05, 3.63) is 63.7 Å². The zero-order valence-corrected chi connectivity index (χ0v) is 16.8. The van der Waals surface area contributed by atoms with Gasteiger partial charge in [-0.15, -0.1) is 11.3 Å². The highest BCUT2D eigenvalue weighted by molar-refractivity contribution is 7.21. The van der Waals surface area contributed by atoms with Gasteiger partial charge in [-0.2, -0.15) is 0 Å². The third-order valence-corrected chi connectivity index (χ3v) is 6.01. The number of halogens is 2. The van der Waals surface area contributed by atoms with Crippen LogP contribution in [-0.4, -0.2) is 38.6 Å². The number of likely N-dealkylation sites (N-methyl/N-ethyl adjacent to an activating group) is 1. The van der Waals surface area contributed by atoms with E-state index in [1.165, 1.54) is 23.5 Å². The minimum Gasteiger partial charge on any atom is -0.497 e. The largest absolute Gasteiger partial charge is 0.497 e. The number of carbonyl (C=O) groups is 1. The third-order valence-electron chi connectivity index (χ3n) is 4.36. The predicted molar refractivity (Wildman–Crippen MR) is 109 cm³/mol. The molecule has 1 aromatic heterocycles. The number of methoxy groups -OCH3 is 1. The van der Waals surface area contributed by atoms with Gasteiger partial charge in [-0.1, -0.05) is 23.7 Å². The van der Waals surface area contributed by atoms with Crippen molar-refractivity contribution in [3.63, 3.8) is 0 Å². The molecule has 142 valence electrons. The molecule has 0 saturated carbocycles. The van der Waals surface area contributed by atoms with Gasteiger partial charge in [-0.25, -0.2) is 4.39 Å². The Morgan fingerprint density at radius 3 is 2.78 bits per heavy atom. The van der Waals surface area contributed by atoms with Gasteiger partial charge in [0, 0.05) is 16.6 Å². The van der Waals surface area contributed by atoms with Crippen LogP contribution >= 0.6 is 22.9 Å². The molecule has 2 aromatic carbocycles. The smallest absolute Gasteiger partial charge is 0.262 e. The molecule has 1 N–H and O–H groups in total. The number of nitrogens with one attached hydrogen (secondary N) is 1. The lowest BCUT2D eigenvalue weighted by atomic mass is 10.1. The lowest BCUT2D eigenvalue weighted by Crippen LogP contribution is -2.34. The number of rotatable bonds is 6. The SMILES string of the molecule is COc1cccc(C(CNC(=O)c2sc3cc(F)ccc3c2Cl)N(C)C)c1. The molecule has 1 atom stereocenters. The monoisotopic (exact) mass is 406 g/mol. The van der Waals surface area contributed by atoms with Gasteiger partial charge in [0.05, 0.1) is 18.2 Å². The second-order valence-electron chi connectivity index (χ2n) is 6.35. The van der Waals surface area contributed by atoms with Crippen LogP contribution in [-0.2, 0) is 0 Å². The molecule has 0 aliphatic heterocycles. The quantitative estimate of drug-likeness (QED) is 0.643. The summed E-state index contributed by atoms with van der Waals surface area (Å²) in [6.07, 6.45) is 0. The van der Waals surface area contributed by atoms with Crippen LogP contribution in [0.1, 0.15) is 21.3 Å². The van der Waals surface area contributed by atoms with Crippen LogP contribution in [0.5, 0.6) is 5.75 Å². The van der Waals surface area contributed by atoms with E-state index in [9.17, 15) is 9.18 Å². The van der Waals surface area contributed by atoms with Gasteiger partial charge in [0.2, 0.25) is 0 Å². The minimum absolute atomic E-state index is 0.0327. The van der Waals surface area contributed by atoms with Crippen molar-refractivity contribution in [3.8, 4) is 5.75 Å². The zero-order chi connectivity index (χ0) is 19.6. The second-order valence-corrected chi connectivity index (χ2v) is 7.78. The molecule has 7 heteroatoms. The Balaban J connectivity index is 1.79. The summed E-state index contributed by atoms with van der Waals surface area (Å²) in [4.78, 5) is 15.1. The van der Waals surface area contributed by atoms with Crippen LogP contribution in [0.2, 0.25) is 5.02 Å². The van der Waals surface area contributed by atoms with Crippen LogP contribution in [0.4, 0.5) is 4.39 Å². The summed E-state index contributed by atoms with van der Waals surface area (Å²) in [5, 5.41) is 3.99. The van der Waals surface area contributed by atoms with E-state index in [-0.39, 0.29) is 17.8 Å². The molecule has 0 radical (unpaired) electrons. The molecule has 0 aliphatic carbocycles. The first-order chi connectivity index (χ1) is 12.9. The zero-order valence-electron chi connectivity index (χ0n) is 15.3. The topological polar surface area (TPSA) is 41.6 Å². The lowest BCUT2D eigenvalue weighted by molar-refractivity contribution is 0.0946. The highest BCUT2D eigenvalue weighted by Gasteiger charge is 2.20. The van der Waals surface area contributed by atoms with Crippen LogP contribution in [0.3, 0.4) is 0 Å². The van der Waals surface area contributed by atoms with E-state index in [2.05, 4.69) is 5.32 Å². The van der Waals surface area contributed by atoms with Crippen LogP contribution in [0.15, 0.2) is 42.5 Å². The van der Waals surface area contributed by atoms with E-state index in [1.54, 1.807) is 13.2 Å². The molecule has 0 spiro atoms. The van der Waals surface area contributed by atoms with Crippen molar-refractivity contribution < 1.29 is 13.9 Å². The summed E-state index contributed by atoms with van der Waals surface area (Å²) in [6, 6.07) is 12.0. The fraction of sp³-hybridized carbons (Fsp3) is 0.250. The second kappa shape index (κ2) is 8.25. The van der Waals surface area contributed by atoms with Crippen molar-refractivity contribution in [1.29, 1.82) is 0 Å². The molecule has 3 rings (SSSR count). The molecule has 0 aliphatic rings. The first kappa shape index (κ1) is 19.6. The Morgan fingerprint density at radius 2 is 2.07 bits per heavy atom.